The number of hydrogen-bond acceptors (Lipinski definition) is 5. The first-order chi connectivity index (χ1) is 18.0. The first-order valence-electron chi connectivity index (χ1n) is 12.3. The van der Waals surface area contributed by atoms with E-state index < -0.39 is 10.0 Å². The lowest BCUT2D eigenvalue weighted by molar-refractivity contribution is 0.0977. The molecule has 1 atom stereocenters. The van der Waals surface area contributed by atoms with Gasteiger partial charge in [-0.15, -0.1) is 0 Å². The normalized spacial score (nSPS) is 11.9. The molecule has 10 heteroatoms. The van der Waals surface area contributed by atoms with Gasteiger partial charge in [0.2, 0.25) is 0 Å². The summed E-state index contributed by atoms with van der Waals surface area (Å²) in [6.45, 7) is 7.86. The zero-order chi connectivity index (χ0) is 27.9. The molecule has 0 bridgehead atoms. The fraction of sp³-hybridized carbons (Fsp3) is 0.286. The Morgan fingerprint density at radius 3 is 2.32 bits per heavy atom. The Hall–Kier alpha value is -2.95. The summed E-state index contributed by atoms with van der Waals surface area (Å²) >= 11 is 8.76. The highest BCUT2D eigenvalue weighted by atomic mass is 79.9. The van der Waals surface area contributed by atoms with Crippen LogP contribution in [0.4, 0.5) is 11.4 Å². The number of nitrogens with one attached hydrogen (secondary N) is 3. The van der Waals surface area contributed by atoms with Crippen molar-refractivity contribution in [2.75, 3.05) is 10.0 Å². The first kappa shape index (κ1) is 29.6. The number of hydrogen-bond donors (Lipinski definition) is 3. The Balaban J connectivity index is 1.59. The molecule has 0 aliphatic rings. The molecule has 202 valence electrons. The zero-order valence-electron chi connectivity index (χ0n) is 21.8. The molecule has 0 radical (unpaired) electrons. The van der Waals surface area contributed by atoms with Crippen LogP contribution < -0.4 is 20.1 Å². The van der Waals surface area contributed by atoms with E-state index in [0.29, 0.717) is 27.2 Å². The topological polar surface area (TPSA) is 96.5 Å². The van der Waals surface area contributed by atoms with Crippen molar-refractivity contribution < 1.29 is 17.9 Å². The van der Waals surface area contributed by atoms with Crippen LogP contribution in [0.15, 0.2) is 70.0 Å². The van der Waals surface area contributed by atoms with Crippen LogP contribution in [0.25, 0.3) is 0 Å². The fourth-order valence-electron chi connectivity index (χ4n) is 3.73. The number of sulfonamides is 1. The standard InChI is InChI=1S/C28H32BrN3O4S2/c1-5-6-10-20(4)36-25-16-11-21(17-24(25)29)27(33)31-28(37)30-22-12-14-23(15-13-22)38(34,35)32-26-18(2)8-7-9-19(26)3/h7-9,11-17,20,32H,5-6,10H2,1-4H3,(H2,30,31,33,37). The minimum atomic E-state index is -3.77. The van der Waals surface area contributed by atoms with Crippen LogP contribution in [0.2, 0.25) is 0 Å². The van der Waals surface area contributed by atoms with Crippen molar-refractivity contribution in [3.63, 3.8) is 0 Å². The van der Waals surface area contributed by atoms with E-state index in [4.69, 9.17) is 17.0 Å². The number of aryl methyl sites for hydroxylation is 2. The van der Waals surface area contributed by atoms with Gasteiger partial charge in [0, 0.05) is 11.3 Å². The third kappa shape index (κ3) is 8.02. The maximum absolute atomic E-state index is 12.9. The van der Waals surface area contributed by atoms with Crippen LogP contribution in [0, 0.1) is 13.8 Å². The number of carbonyl (C=O) groups is 1. The number of benzene rings is 3. The number of para-hydroxylation sites is 1. The summed E-state index contributed by atoms with van der Waals surface area (Å²) in [7, 11) is -3.77. The lowest BCUT2D eigenvalue weighted by Crippen LogP contribution is -2.34. The quantitative estimate of drug-likeness (QED) is 0.213. The number of rotatable bonds is 10. The minimum Gasteiger partial charge on any atom is -0.490 e. The Labute approximate surface area is 238 Å². The summed E-state index contributed by atoms with van der Waals surface area (Å²) in [6.07, 6.45) is 3.23. The third-order valence-electron chi connectivity index (χ3n) is 5.85. The number of carbonyl (C=O) groups excluding carboxylic acids is 1. The van der Waals surface area contributed by atoms with E-state index in [0.717, 1.165) is 30.4 Å². The molecule has 0 aromatic heterocycles. The molecule has 38 heavy (non-hydrogen) atoms. The second kappa shape index (κ2) is 13.2. The molecule has 0 spiro atoms. The van der Waals surface area contributed by atoms with Crippen molar-refractivity contribution >= 4 is 60.6 Å². The summed E-state index contributed by atoms with van der Waals surface area (Å²) < 4.78 is 35.0. The summed E-state index contributed by atoms with van der Waals surface area (Å²) in [5, 5.41) is 5.63. The Kier molecular flexibility index (Phi) is 10.3. The number of unbranched alkanes of at least 4 members (excludes halogenated alkanes) is 1. The molecular formula is C28H32BrN3O4S2. The van der Waals surface area contributed by atoms with Gasteiger partial charge in [-0.05, 0) is 109 Å². The molecule has 1 unspecified atom stereocenters. The van der Waals surface area contributed by atoms with Crippen molar-refractivity contribution in [2.24, 2.45) is 0 Å². The summed E-state index contributed by atoms with van der Waals surface area (Å²) in [5.74, 6) is 0.291. The van der Waals surface area contributed by atoms with Gasteiger partial charge in [-0.2, -0.15) is 0 Å². The van der Waals surface area contributed by atoms with Crippen LogP contribution in [-0.2, 0) is 10.0 Å². The van der Waals surface area contributed by atoms with Gasteiger partial charge in [0.15, 0.2) is 5.11 Å². The fourth-order valence-corrected chi connectivity index (χ4v) is 5.61. The largest absolute Gasteiger partial charge is 0.490 e. The highest BCUT2D eigenvalue weighted by molar-refractivity contribution is 9.10. The molecule has 0 aliphatic heterocycles. The highest BCUT2D eigenvalue weighted by Crippen LogP contribution is 2.28. The van der Waals surface area contributed by atoms with Crippen LogP contribution in [0.3, 0.4) is 0 Å². The van der Waals surface area contributed by atoms with Crippen molar-refractivity contribution in [3.05, 3.63) is 81.8 Å². The lowest BCUT2D eigenvalue weighted by atomic mass is 10.1. The van der Waals surface area contributed by atoms with Gasteiger partial charge in [0.05, 0.1) is 21.2 Å². The van der Waals surface area contributed by atoms with Crippen molar-refractivity contribution in [3.8, 4) is 5.75 Å². The van der Waals surface area contributed by atoms with E-state index in [9.17, 15) is 13.2 Å². The van der Waals surface area contributed by atoms with Crippen LogP contribution in [0.1, 0.15) is 54.6 Å². The lowest BCUT2D eigenvalue weighted by Gasteiger charge is -2.16. The number of amides is 1. The SMILES string of the molecule is CCCCC(C)Oc1ccc(C(=O)NC(=S)Nc2ccc(S(=O)(=O)Nc3c(C)cccc3C)cc2)cc1Br. The van der Waals surface area contributed by atoms with Crippen molar-refractivity contribution in [2.45, 2.75) is 58.0 Å². The number of ether oxygens (including phenoxy) is 1. The van der Waals surface area contributed by atoms with E-state index in [1.165, 1.54) is 12.1 Å². The van der Waals surface area contributed by atoms with Gasteiger partial charge in [-0.25, -0.2) is 8.42 Å². The third-order valence-corrected chi connectivity index (χ3v) is 8.04. The average molecular weight is 619 g/mol. The van der Waals surface area contributed by atoms with Crippen LogP contribution >= 0.6 is 28.1 Å². The number of anilines is 2. The molecule has 0 saturated carbocycles. The molecule has 3 N–H and O–H groups in total. The Morgan fingerprint density at radius 1 is 1.05 bits per heavy atom. The molecule has 0 aliphatic carbocycles. The van der Waals surface area contributed by atoms with Gasteiger partial charge >= 0.3 is 0 Å². The van der Waals surface area contributed by atoms with E-state index in [1.807, 2.05) is 39.0 Å². The second-order valence-electron chi connectivity index (χ2n) is 9.02. The Morgan fingerprint density at radius 2 is 1.71 bits per heavy atom. The smallest absolute Gasteiger partial charge is 0.261 e. The molecular weight excluding hydrogens is 586 g/mol. The number of thiocarbonyl (C=S) groups is 1. The van der Waals surface area contributed by atoms with Gasteiger partial charge < -0.3 is 10.1 Å². The van der Waals surface area contributed by atoms with Crippen molar-refractivity contribution in [1.82, 2.24) is 5.32 Å². The molecule has 0 fully saturated rings. The zero-order valence-corrected chi connectivity index (χ0v) is 25.0. The second-order valence-corrected chi connectivity index (χ2v) is 12.0. The molecule has 0 heterocycles. The molecule has 1 amide bonds. The van der Waals surface area contributed by atoms with Gasteiger partial charge in [0.1, 0.15) is 5.75 Å². The van der Waals surface area contributed by atoms with Gasteiger partial charge in [-0.3, -0.25) is 14.8 Å². The predicted molar refractivity (Wildman–Crippen MR) is 161 cm³/mol. The monoisotopic (exact) mass is 617 g/mol. The highest BCUT2D eigenvalue weighted by Gasteiger charge is 2.17. The van der Waals surface area contributed by atoms with E-state index in [2.05, 4.69) is 38.2 Å². The maximum Gasteiger partial charge on any atom is 0.261 e. The van der Waals surface area contributed by atoms with E-state index in [1.54, 1.807) is 30.3 Å². The summed E-state index contributed by atoms with van der Waals surface area (Å²) in [4.78, 5) is 12.8. The number of halogens is 1. The first-order valence-corrected chi connectivity index (χ1v) is 15.0. The molecule has 0 saturated heterocycles. The average Bonchev–Trinajstić information content (AvgIpc) is 2.86. The van der Waals surface area contributed by atoms with E-state index in [-0.39, 0.29) is 22.0 Å². The van der Waals surface area contributed by atoms with Gasteiger partial charge in [-0.1, -0.05) is 38.0 Å². The molecule has 3 aromatic carbocycles. The van der Waals surface area contributed by atoms with Crippen molar-refractivity contribution in [1.29, 1.82) is 0 Å². The molecule has 7 nitrogen and oxygen atoms in total. The molecule has 3 aromatic rings. The molecule has 3 rings (SSSR count). The van der Waals surface area contributed by atoms with Gasteiger partial charge in [0.25, 0.3) is 15.9 Å². The predicted octanol–water partition coefficient (Wildman–Crippen LogP) is 6.95. The summed E-state index contributed by atoms with van der Waals surface area (Å²) in [6, 6.07) is 16.8. The minimum absolute atomic E-state index is 0.0754. The maximum atomic E-state index is 12.9. The Bertz CT molecular complexity index is 1390. The van der Waals surface area contributed by atoms with Crippen LogP contribution in [0.5, 0.6) is 5.75 Å². The van der Waals surface area contributed by atoms with E-state index >= 15 is 0 Å². The summed E-state index contributed by atoms with van der Waals surface area (Å²) in [5.41, 5.74) is 3.18. The van der Waals surface area contributed by atoms with Crippen LogP contribution in [-0.4, -0.2) is 25.5 Å².